The van der Waals surface area contributed by atoms with E-state index in [-0.39, 0.29) is 33.9 Å². The van der Waals surface area contributed by atoms with Crippen LogP contribution in [0.1, 0.15) is 20.8 Å². The molecule has 0 fully saturated rings. The van der Waals surface area contributed by atoms with E-state index in [1.165, 1.54) is 18.6 Å². The molecule has 36 heavy (non-hydrogen) atoms. The number of hydrogen-bond donors (Lipinski definition) is 2. The van der Waals surface area contributed by atoms with Gasteiger partial charge in [-0.2, -0.15) is 0 Å². The van der Waals surface area contributed by atoms with Crippen molar-refractivity contribution in [3.63, 3.8) is 0 Å². The quantitative estimate of drug-likeness (QED) is 0.356. The lowest BCUT2D eigenvalue weighted by molar-refractivity contribution is 0.0704. The smallest absolute Gasteiger partial charge is 0.346 e. The van der Waals surface area contributed by atoms with Crippen LogP contribution in [0.5, 0.6) is 11.5 Å². The summed E-state index contributed by atoms with van der Waals surface area (Å²) in [6.07, 6.45) is 1.74. The van der Waals surface area contributed by atoms with Crippen LogP contribution < -0.4 is 20.7 Å². The van der Waals surface area contributed by atoms with E-state index in [1.54, 1.807) is 6.20 Å². The molecule has 5 aromatic rings. The van der Waals surface area contributed by atoms with E-state index in [0.717, 1.165) is 39.4 Å². The minimum atomic E-state index is -1.33. The first-order valence-corrected chi connectivity index (χ1v) is 11.5. The maximum Gasteiger partial charge on any atom is 0.346 e. The third kappa shape index (κ3) is 3.89. The molecule has 0 radical (unpaired) electrons. The summed E-state index contributed by atoms with van der Waals surface area (Å²) in [4.78, 5) is 44.1. The summed E-state index contributed by atoms with van der Waals surface area (Å²) in [6, 6.07) is 9.80. The summed E-state index contributed by atoms with van der Waals surface area (Å²) in [5, 5.41) is 11.5. The van der Waals surface area contributed by atoms with Crippen LogP contribution in [0.25, 0.3) is 27.5 Å². The molecule has 0 aliphatic heterocycles. The van der Waals surface area contributed by atoms with Crippen LogP contribution in [-0.2, 0) is 6.61 Å². The minimum absolute atomic E-state index is 0.0484. The second-order valence-electron chi connectivity index (χ2n) is 7.97. The second kappa shape index (κ2) is 8.93. The number of para-hydroxylation sites is 1. The van der Waals surface area contributed by atoms with Crippen molar-refractivity contribution in [3.05, 3.63) is 90.6 Å². The number of hydrogen-bond acceptors (Lipinski definition) is 7. The van der Waals surface area contributed by atoms with Gasteiger partial charge in [-0.25, -0.2) is 18.5 Å². The fraction of sp³-hybridized carbons (Fsp3) is 0.120. The van der Waals surface area contributed by atoms with Gasteiger partial charge < -0.3 is 19.6 Å². The molecule has 0 amide bonds. The van der Waals surface area contributed by atoms with Crippen LogP contribution >= 0.6 is 11.3 Å². The number of thiophene rings is 1. The number of aromatic carboxylic acids is 1. The minimum Gasteiger partial charge on any atom is -0.493 e. The van der Waals surface area contributed by atoms with Crippen molar-refractivity contribution in [1.29, 1.82) is 0 Å². The average molecular weight is 507 g/mol. The Balaban J connectivity index is 1.61. The number of carboxylic acid groups (broad SMARTS) is 1. The van der Waals surface area contributed by atoms with Crippen LogP contribution in [0.3, 0.4) is 0 Å². The average Bonchev–Trinajstić information content (AvgIpc) is 3.28. The van der Waals surface area contributed by atoms with Gasteiger partial charge in [0.1, 0.15) is 11.5 Å². The van der Waals surface area contributed by atoms with Gasteiger partial charge in [-0.3, -0.25) is 9.78 Å². The molecule has 0 aliphatic rings. The highest BCUT2D eigenvalue weighted by Crippen LogP contribution is 2.33. The number of halogens is 1. The highest BCUT2D eigenvalue weighted by molar-refractivity contribution is 7.13. The van der Waals surface area contributed by atoms with Crippen molar-refractivity contribution in [2.45, 2.75) is 13.5 Å². The molecular weight excluding hydrogens is 489 g/mol. The highest BCUT2D eigenvalue weighted by atomic mass is 32.1. The number of aromatic amines is 1. The van der Waals surface area contributed by atoms with Crippen LogP contribution in [0.4, 0.5) is 4.39 Å². The van der Waals surface area contributed by atoms with Crippen LogP contribution in [-0.4, -0.2) is 32.7 Å². The summed E-state index contributed by atoms with van der Waals surface area (Å²) >= 11 is 0.791. The lowest BCUT2D eigenvalue weighted by Gasteiger charge is -2.15. The number of H-pyrrole nitrogens is 1. The Morgan fingerprint density at radius 3 is 2.78 bits per heavy atom. The highest BCUT2D eigenvalue weighted by Gasteiger charge is 2.22. The molecule has 0 atom stereocenters. The van der Waals surface area contributed by atoms with E-state index >= 15 is 4.39 Å². The number of fused-ring (bicyclic) bond motifs is 2. The lowest BCUT2D eigenvalue weighted by atomic mass is 10.1. The Bertz CT molecular complexity index is 1790. The van der Waals surface area contributed by atoms with E-state index < -0.39 is 28.7 Å². The van der Waals surface area contributed by atoms with Gasteiger partial charge in [0.25, 0.3) is 5.56 Å². The Morgan fingerprint density at radius 2 is 2.03 bits per heavy atom. The predicted molar refractivity (Wildman–Crippen MR) is 132 cm³/mol. The van der Waals surface area contributed by atoms with E-state index in [9.17, 15) is 19.5 Å². The first-order chi connectivity index (χ1) is 17.3. The molecule has 0 aliphatic carbocycles. The number of nitrogens with zero attached hydrogens (tertiary/aromatic N) is 2. The van der Waals surface area contributed by atoms with Gasteiger partial charge in [0, 0.05) is 34.7 Å². The number of nitrogens with one attached hydrogen (secondary N) is 1. The number of benzene rings is 2. The molecule has 0 spiro atoms. The molecule has 2 N–H and O–H groups in total. The van der Waals surface area contributed by atoms with Crippen LogP contribution in [0.15, 0.2) is 57.6 Å². The zero-order chi connectivity index (χ0) is 25.6. The van der Waals surface area contributed by atoms with Crippen molar-refractivity contribution in [2.24, 2.45) is 0 Å². The molecule has 11 heteroatoms. The number of pyridine rings is 1. The van der Waals surface area contributed by atoms with Crippen molar-refractivity contribution in [1.82, 2.24) is 14.5 Å². The Labute approximate surface area is 206 Å². The molecule has 182 valence electrons. The molecule has 3 heterocycles. The predicted octanol–water partition coefficient (Wildman–Crippen LogP) is 4.02. The normalized spacial score (nSPS) is 11.2. The SMILES string of the molecule is COc1cc(F)c(-n2c(=O)[nH]c3csc(C(=O)O)c3c2=O)cc1OCc1cccc2cc(C)cnc12. The molecule has 0 unspecified atom stereocenters. The summed E-state index contributed by atoms with van der Waals surface area (Å²) < 4.78 is 26.8. The first-order valence-electron chi connectivity index (χ1n) is 10.6. The van der Waals surface area contributed by atoms with Crippen LogP contribution in [0.2, 0.25) is 0 Å². The van der Waals surface area contributed by atoms with Crippen molar-refractivity contribution in [3.8, 4) is 17.2 Å². The first kappa shape index (κ1) is 23.2. The number of aromatic nitrogens is 3. The number of ether oxygens (including phenoxy) is 2. The number of rotatable bonds is 6. The van der Waals surface area contributed by atoms with Gasteiger partial charge in [0.2, 0.25) is 0 Å². The molecule has 0 bridgehead atoms. The summed E-state index contributed by atoms with van der Waals surface area (Å²) in [6.45, 7) is 1.99. The largest absolute Gasteiger partial charge is 0.493 e. The maximum atomic E-state index is 15.1. The Hall–Kier alpha value is -4.51. The fourth-order valence-electron chi connectivity index (χ4n) is 3.99. The third-order valence-electron chi connectivity index (χ3n) is 5.64. The van der Waals surface area contributed by atoms with Gasteiger partial charge in [0.15, 0.2) is 17.3 Å². The van der Waals surface area contributed by atoms with Crippen LogP contribution in [0, 0.1) is 12.7 Å². The Kier molecular flexibility index (Phi) is 5.77. The summed E-state index contributed by atoms with van der Waals surface area (Å²) in [7, 11) is 1.33. The number of carbonyl (C=O) groups is 1. The third-order valence-corrected chi connectivity index (χ3v) is 6.60. The van der Waals surface area contributed by atoms with E-state index in [0.29, 0.717) is 4.57 Å². The maximum absolute atomic E-state index is 15.1. The number of aryl methyl sites for hydroxylation is 1. The van der Waals surface area contributed by atoms with E-state index in [1.807, 2.05) is 31.2 Å². The topological polar surface area (TPSA) is 124 Å². The lowest BCUT2D eigenvalue weighted by Crippen LogP contribution is -2.34. The zero-order valence-corrected chi connectivity index (χ0v) is 19.8. The van der Waals surface area contributed by atoms with Crippen molar-refractivity contribution < 1.29 is 23.8 Å². The van der Waals surface area contributed by atoms with Gasteiger partial charge >= 0.3 is 11.7 Å². The number of carboxylic acids is 1. The van der Waals surface area contributed by atoms with E-state index in [2.05, 4.69) is 9.97 Å². The fourth-order valence-corrected chi connectivity index (χ4v) is 4.82. The molecule has 2 aromatic carbocycles. The second-order valence-corrected chi connectivity index (χ2v) is 8.85. The number of methoxy groups -OCH3 is 1. The van der Waals surface area contributed by atoms with Gasteiger partial charge in [-0.1, -0.05) is 18.2 Å². The zero-order valence-electron chi connectivity index (χ0n) is 19.0. The summed E-state index contributed by atoms with van der Waals surface area (Å²) in [5.74, 6) is -2.13. The molecule has 0 saturated carbocycles. The molecule has 3 aromatic heterocycles. The molecule has 5 rings (SSSR count). The molecule has 9 nitrogen and oxygen atoms in total. The van der Waals surface area contributed by atoms with Gasteiger partial charge in [0.05, 0.1) is 29.2 Å². The van der Waals surface area contributed by atoms with Crippen molar-refractivity contribution in [2.75, 3.05) is 7.11 Å². The molecule has 0 saturated heterocycles. The summed E-state index contributed by atoms with van der Waals surface area (Å²) in [5.41, 5.74) is 0.278. The standard InChI is InChI=1S/C25H18FN3O6S/c1-12-6-13-4-3-5-14(21(13)27-9-12)10-35-19-8-17(15(26)7-18(19)34-2)29-23(30)20-16(28-25(29)33)11-36-22(20)24(31)32/h3-9,11H,10H2,1-2H3,(H,28,33)(H,31,32). The monoisotopic (exact) mass is 507 g/mol. The van der Waals surface area contributed by atoms with Crippen molar-refractivity contribution >= 4 is 39.1 Å². The van der Waals surface area contributed by atoms with Gasteiger partial charge in [-0.05, 0) is 18.6 Å². The van der Waals surface area contributed by atoms with Gasteiger partial charge in [-0.15, -0.1) is 11.3 Å². The Morgan fingerprint density at radius 1 is 1.22 bits per heavy atom. The molecular formula is C25H18FN3O6S. The van der Waals surface area contributed by atoms with E-state index in [4.69, 9.17) is 9.47 Å².